The topological polar surface area (TPSA) is 29.3 Å². The van der Waals surface area contributed by atoms with Gasteiger partial charge in [0.25, 0.3) is 0 Å². The summed E-state index contributed by atoms with van der Waals surface area (Å²) in [6.45, 7) is 5.23. The lowest BCUT2D eigenvalue weighted by atomic mass is 9.98. The molecular formula is C15H22F4N2. The Morgan fingerprint density at radius 1 is 1.24 bits per heavy atom. The highest BCUT2D eigenvalue weighted by Gasteiger charge is 2.36. The first-order valence-corrected chi connectivity index (χ1v) is 7.15. The summed E-state index contributed by atoms with van der Waals surface area (Å²) in [6, 6.07) is 2.25. The summed E-state index contributed by atoms with van der Waals surface area (Å²) in [6.07, 6.45) is -2.76. The predicted molar refractivity (Wildman–Crippen MR) is 75.4 cm³/mol. The molecule has 1 unspecified atom stereocenters. The summed E-state index contributed by atoms with van der Waals surface area (Å²) < 4.78 is 52.5. The van der Waals surface area contributed by atoms with Crippen molar-refractivity contribution >= 4 is 0 Å². The Kier molecular flexibility index (Phi) is 6.61. The van der Waals surface area contributed by atoms with Gasteiger partial charge < -0.3 is 5.73 Å². The molecular weight excluding hydrogens is 284 g/mol. The zero-order chi connectivity index (χ0) is 16.0. The van der Waals surface area contributed by atoms with Gasteiger partial charge in [-0.3, -0.25) is 4.90 Å². The van der Waals surface area contributed by atoms with Crippen molar-refractivity contribution in [3.05, 3.63) is 35.1 Å². The van der Waals surface area contributed by atoms with Crippen LogP contribution in [0.15, 0.2) is 18.2 Å². The molecule has 0 aliphatic heterocycles. The molecule has 1 aromatic carbocycles. The summed E-state index contributed by atoms with van der Waals surface area (Å²) in [5.74, 6) is -0.890. The molecule has 6 heteroatoms. The molecule has 0 aromatic heterocycles. The molecule has 0 fully saturated rings. The molecule has 1 rings (SSSR count). The average molecular weight is 306 g/mol. The fraction of sp³-hybridized carbons (Fsp3) is 0.600. The van der Waals surface area contributed by atoms with Crippen LogP contribution in [0.5, 0.6) is 0 Å². The minimum Gasteiger partial charge on any atom is -0.329 e. The second-order valence-electron chi connectivity index (χ2n) is 4.96. The van der Waals surface area contributed by atoms with Crippen LogP contribution in [0.25, 0.3) is 0 Å². The number of halogens is 4. The van der Waals surface area contributed by atoms with E-state index in [4.69, 9.17) is 5.73 Å². The molecule has 0 aliphatic carbocycles. The van der Waals surface area contributed by atoms with E-state index in [2.05, 4.69) is 0 Å². The average Bonchev–Trinajstić information content (AvgIpc) is 2.43. The predicted octanol–water partition coefficient (Wildman–Crippen LogP) is 3.97. The Hall–Kier alpha value is -1.14. The molecule has 0 radical (unpaired) electrons. The number of unbranched alkanes of at least 4 members (excludes halogenated alkanes) is 1. The van der Waals surface area contributed by atoms with Gasteiger partial charge in [0.15, 0.2) is 0 Å². The number of nitrogens with zero attached hydrogens (tertiary/aromatic N) is 1. The molecule has 120 valence electrons. The van der Waals surface area contributed by atoms with Gasteiger partial charge in [0, 0.05) is 12.6 Å². The van der Waals surface area contributed by atoms with Crippen molar-refractivity contribution < 1.29 is 17.6 Å². The van der Waals surface area contributed by atoms with Crippen LogP contribution in [0.1, 0.15) is 43.9 Å². The fourth-order valence-electron chi connectivity index (χ4n) is 2.43. The second-order valence-corrected chi connectivity index (χ2v) is 4.96. The van der Waals surface area contributed by atoms with Crippen LogP contribution in [-0.2, 0) is 6.18 Å². The highest BCUT2D eigenvalue weighted by atomic mass is 19.4. The standard InChI is InChI=1S/C15H22F4N2/c1-3-5-8-21(4-2)14(10-20)12-7-6-11(16)9-13(12)15(17,18)19/h6-7,9,14H,3-5,8,10,20H2,1-2H3. The quantitative estimate of drug-likeness (QED) is 0.772. The Morgan fingerprint density at radius 3 is 2.38 bits per heavy atom. The van der Waals surface area contributed by atoms with E-state index in [0.29, 0.717) is 19.2 Å². The Bertz CT molecular complexity index is 446. The first-order chi connectivity index (χ1) is 9.85. The molecule has 0 saturated carbocycles. The molecule has 1 atom stereocenters. The van der Waals surface area contributed by atoms with Gasteiger partial charge in [-0.25, -0.2) is 4.39 Å². The van der Waals surface area contributed by atoms with Gasteiger partial charge >= 0.3 is 6.18 Å². The lowest BCUT2D eigenvalue weighted by molar-refractivity contribution is -0.139. The third kappa shape index (κ3) is 4.68. The highest BCUT2D eigenvalue weighted by molar-refractivity contribution is 5.33. The van der Waals surface area contributed by atoms with Crippen molar-refractivity contribution in [3.63, 3.8) is 0 Å². The van der Waals surface area contributed by atoms with Crippen molar-refractivity contribution in [1.29, 1.82) is 0 Å². The van der Waals surface area contributed by atoms with Crippen LogP contribution in [0.4, 0.5) is 17.6 Å². The summed E-state index contributed by atoms with van der Waals surface area (Å²) in [7, 11) is 0. The highest BCUT2D eigenvalue weighted by Crippen LogP contribution is 2.36. The van der Waals surface area contributed by atoms with Gasteiger partial charge in [-0.1, -0.05) is 26.3 Å². The maximum Gasteiger partial charge on any atom is 0.416 e. The summed E-state index contributed by atoms with van der Waals surface area (Å²) >= 11 is 0. The fourth-order valence-corrected chi connectivity index (χ4v) is 2.43. The molecule has 0 bridgehead atoms. The van der Waals surface area contributed by atoms with E-state index < -0.39 is 23.6 Å². The van der Waals surface area contributed by atoms with Crippen molar-refractivity contribution in [2.45, 2.75) is 38.9 Å². The molecule has 0 spiro atoms. The number of hydrogen-bond acceptors (Lipinski definition) is 2. The maximum atomic E-state index is 13.2. The third-order valence-electron chi connectivity index (χ3n) is 3.55. The first kappa shape index (κ1) is 17.9. The number of likely N-dealkylation sites (N-methyl/N-ethyl adjacent to an activating group) is 1. The Morgan fingerprint density at radius 2 is 1.90 bits per heavy atom. The van der Waals surface area contributed by atoms with Gasteiger partial charge in [-0.2, -0.15) is 13.2 Å². The van der Waals surface area contributed by atoms with Gasteiger partial charge in [0.1, 0.15) is 5.82 Å². The van der Waals surface area contributed by atoms with Crippen molar-refractivity contribution in [2.75, 3.05) is 19.6 Å². The van der Waals surface area contributed by atoms with E-state index in [0.717, 1.165) is 18.9 Å². The lowest BCUT2D eigenvalue weighted by Gasteiger charge is -2.31. The molecule has 1 aromatic rings. The second kappa shape index (κ2) is 7.75. The summed E-state index contributed by atoms with van der Waals surface area (Å²) in [5.41, 5.74) is 4.81. The van der Waals surface area contributed by atoms with E-state index in [-0.39, 0.29) is 12.1 Å². The van der Waals surface area contributed by atoms with Crippen LogP contribution >= 0.6 is 0 Å². The zero-order valence-corrected chi connectivity index (χ0v) is 12.4. The van der Waals surface area contributed by atoms with Crippen LogP contribution < -0.4 is 5.73 Å². The van der Waals surface area contributed by atoms with Crippen LogP contribution in [-0.4, -0.2) is 24.5 Å². The Labute approximate surface area is 122 Å². The normalized spacial score (nSPS) is 13.7. The monoisotopic (exact) mass is 306 g/mol. The van der Waals surface area contributed by atoms with E-state index >= 15 is 0 Å². The van der Waals surface area contributed by atoms with Crippen LogP contribution in [0, 0.1) is 5.82 Å². The van der Waals surface area contributed by atoms with Crippen LogP contribution in [0.3, 0.4) is 0 Å². The molecule has 2 N–H and O–H groups in total. The lowest BCUT2D eigenvalue weighted by Crippen LogP contribution is -2.35. The Balaban J connectivity index is 3.21. The molecule has 0 aliphatic rings. The van der Waals surface area contributed by atoms with Crippen molar-refractivity contribution in [3.8, 4) is 0 Å². The number of alkyl halides is 3. The number of nitrogens with two attached hydrogens (primary N) is 1. The van der Waals surface area contributed by atoms with E-state index in [1.807, 2.05) is 18.7 Å². The van der Waals surface area contributed by atoms with E-state index in [1.54, 1.807) is 0 Å². The zero-order valence-electron chi connectivity index (χ0n) is 12.4. The first-order valence-electron chi connectivity index (χ1n) is 7.15. The maximum absolute atomic E-state index is 13.2. The van der Waals surface area contributed by atoms with E-state index in [1.165, 1.54) is 6.07 Å². The van der Waals surface area contributed by atoms with Crippen molar-refractivity contribution in [1.82, 2.24) is 4.90 Å². The minimum atomic E-state index is -4.59. The molecule has 0 saturated heterocycles. The van der Waals surface area contributed by atoms with Gasteiger partial charge in [0.2, 0.25) is 0 Å². The van der Waals surface area contributed by atoms with Crippen LogP contribution in [0.2, 0.25) is 0 Å². The summed E-state index contributed by atoms with van der Waals surface area (Å²) in [5, 5.41) is 0. The smallest absolute Gasteiger partial charge is 0.329 e. The minimum absolute atomic E-state index is 0.0457. The number of rotatable bonds is 7. The van der Waals surface area contributed by atoms with Gasteiger partial charge in [0.05, 0.1) is 5.56 Å². The largest absolute Gasteiger partial charge is 0.416 e. The molecule has 0 heterocycles. The molecule has 21 heavy (non-hydrogen) atoms. The van der Waals surface area contributed by atoms with Gasteiger partial charge in [-0.15, -0.1) is 0 Å². The molecule has 2 nitrogen and oxygen atoms in total. The number of hydrogen-bond donors (Lipinski definition) is 1. The van der Waals surface area contributed by atoms with Crippen molar-refractivity contribution in [2.24, 2.45) is 5.73 Å². The van der Waals surface area contributed by atoms with E-state index in [9.17, 15) is 17.6 Å². The molecule has 0 amide bonds. The number of benzene rings is 1. The van der Waals surface area contributed by atoms with Gasteiger partial charge in [-0.05, 0) is 37.2 Å². The SMILES string of the molecule is CCCCN(CC)C(CN)c1ccc(F)cc1C(F)(F)F. The third-order valence-corrected chi connectivity index (χ3v) is 3.55. The summed E-state index contributed by atoms with van der Waals surface area (Å²) in [4.78, 5) is 1.91.